The number of aromatic nitrogens is 3. The van der Waals surface area contributed by atoms with Crippen LogP contribution in [0.5, 0.6) is 5.75 Å². The molecule has 0 fully saturated rings. The summed E-state index contributed by atoms with van der Waals surface area (Å²) >= 11 is 1.21. The normalized spacial score (nSPS) is 10.5. The molecule has 0 unspecified atom stereocenters. The van der Waals surface area contributed by atoms with Gasteiger partial charge in [0.15, 0.2) is 5.82 Å². The number of rotatable bonds is 10. The number of carbonyl (C=O) groups is 2. The van der Waals surface area contributed by atoms with Gasteiger partial charge in [-0.1, -0.05) is 30.8 Å². The lowest BCUT2D eigenvalue weighted by molar-refractivity contribution is -0.113. The first-order chi connectivity index (χ1) is 15.1. The van der Waals surface area contributed by atoms with Crippen molar-refractivity contribution in [3.8, 4) is 5.75 Å². The van der Waals surface area contributed by atoms with E-state index in [4.69, 9.17) is 9.47 Å². The summed E-state index contributed by atoms with van der Waals surface area (Å²) in [7, 11) is 0. The molecule has 31 heavy (non-hydrogen) atoms. The largest absolute Gasteiger partial charge is 0.486 e. The van der Waals surface area contributed by atoms with E-state index in [-0.39, 0.29) is 18.3 Å². The molecular formula is C22H24N4O4S. The van der Waals surface area contributed by atoms with Crippen LogP contribution < -0.4 is 10.1 Å². The Kier molecular flexibility index (Phi) is 8.05. The number of aromatic amines is 1. The van der Waals surface area contributed by atoms with E-state index >= 15 is 0 Å². The minimum Gasteiger partial charge on any atom is -0.486 e. The fraction of sp³-hybridized carbons (Fsp3) is 0.273. The van der Waals surface area contributed by atoms with Crippen molar-refractivity contribution in [2.75, 3.05) is 17.7 Å². The molecule has 1 heterocycles. The Morgan fingerprint density at radius 1 is 1.06 bits per heavy atom. The van der Waals surface area contributed by atoms with Gasteiger partial charge in [-0.2, -0.15) is 0 Å². The van der Waals surface area contributed by atoms with Gasteiger partial charge in [-0.15, -0.1) is 5.10 Å². The lowest BCUT2D eigenvalue weighted by atomic mass is 10.2. The molecule has 2 N–H and O–H groups in total. The molecule has 162 valence electrons. The number of carbonyl (C=O) groups excluding carboxylic acids is 2. The summed E-state index contributed by atoms with van der Waals surface area (Å²) in [4.78, 5) is 28.1. The van der Waals surface area contributed by atoms with E-state index in [9.17, 15) is 9.59 Å². The standard InChI is InChI=1S/C22H24N4O4S/c1-3-15-5-11-18(12-6-15)30-13-19-24-22(26-25-19)31-14-20(27)23-17-9-7-16(8-10-17)21(28)29-4-2/h5-12H,3-4,13-14H2,1-2H3,(H,23,27)(H,24,25,26). The molecule has 0 aliphatic rings. The van der Waals surface area contributed by atoms with Crippen LogP contribution in [0.3, 0.4) is 0 Å². The van der Waals surface area contributed by atoms with Crippen LogP contribution in [0.1, 0.15) is 35.6 Å². The van der Waals surface area contributed by atoms with E-state index in [0.717, 1.165) is 12.2 Å². The highest BCUT2D eigenvalue weighted by Crippen LogP contribution is 2.17. The maximum Gasteiger partial charge on any atom is 0.338 e. The Hall–Kier alpha value is -3.33. The van der Waals surface area contributed by atoms with Crippen LogP contribution in [0.25, 0.3) is 0 Å². The summed E-state index contributed by atoms with van der Waals surface area (Å²) in [6.45, 7) is 4.43. The average molecular weight is 441 g/mol. The molecule has 2 aromatic carbocycles. The topological polar surface area (TPSA) is 106 Å². The highest BCUT2D eigenvalue weighted by Gasteiger charge is 2.10. The Morgan fingerprint density at radius 2 is 1.81 bits per heavy atom. The summed E-state index contributed by atoms with van der Waals surface area (Å²) in [5, 5.41) is 10.2. The number of benzene rings is 2. The second-order valence-electron chi connectivity index (χ2n) is 6.49. The molecule has 9 heteroatoms. The molecule has 0 saturated carbocycles. The number of H-pyrrole nitrogens is 1. The highest BCUT2D eigenvalue weighted by atomic mass is 32.2. The van der Waals surface area contributed by atoms with Crippen molar-refractivity contribution < 1.29 is 19.1 Å². The van der Waals surface area contributed by atoms with Gasteiger partial charge in [0, 0.05) is 5.69 Å². The predicted octanol–water partition coefficient (Wildman–Crippen LogP) is 3.85. The summed E-state index contributed by atoms with van der Waals surface area (Å²) in [5.74, 6) is 0.898. The van der Waals surface area contributed by atoms with Crippen molar-refractivity contribution in [2.24, 2.45) is 0 Å². The van der Waals surface area contributed by atoms with E-state index in [0.29, 0.717) is 28.8 Å². The molecule has 0 atom stereocenters. The fourth-order valence-electron chi connectivity index (χ4n) is 2.61. The third-order valence-electron chi connectivity index (χ3n) is 4.23. The van der Waals surface area contributed by atoms with Gasteiger partial charge in [-0.05, 0) is 55.3 Å². The molecular weight excluding hydrogens is 416 g/mol. The third-order valence-corrected chi connectivity index (χ3v) is 5.08. The highest BCUT2D eigenvalue weighted by molar-refractivity contribution is 7.99. The SMILES string of the molecule is CCOC(=O)c1ccc(NC(=O)CSc2n[nH]c(COc3ccc(CC)cc3)n2)cc1. The van der Waals surface area contributed by atoms with Gasteiger partial charge in [-0.25, -0.2) is 9.78 Å². The van der Waals surface area contributed by atoms with E-state index in [2.05, 4.69) is 27.4 Å². The lowest BCUT2D eigenvalue weighted by Crippen LogP contribution is -2.14. The number of ether oxygens (including phenoxy) is 2. The maximum atomic E-state index is 12.2. The zero-order chi connectivity index (χ0) is 22.1. The zero-order valence-corrected chi connectivity index (χ0v) is 18.2. The van der Waals surface area contributed by atoms with Gasteiger partial charge >= 0.3 is 5.97 Å². The second-order valence-corrected chi connectivity index (χ2v) is 7.43. The molecule has 3 rings (SSSR count). The maximum absolute atomic E-state index is 12.2. The molecule has 3 aromatic rings. The Morgan fingerprint density at radius 3 is 2.48 bits per heavy atom. The molecule has 0 spiro atoms. The van der Waals surface area contributed by atoms with Crippen LogP contribution in [-0.2, 0) is 22.6 Å². The van der Waals surface area contributed by atoms with Crippen LogP contribution in [0, 0.1) is 0 Å². The van der Waals surface area contributed by atoms with Crippen molar-refractivity contribution >= 4 is 29.3 Å². The van der Waals surface area contributed by atoms with Crippen LogP contribution in [0.2, 0.25) is 0 Å². The van der Waals surface area contributed by atoms with Gasteiger partial charge in [0.1, 0.15) is 12.4 Å². The first kappa shape index (κ1) is 22.4. The Bertz CT molecular complexity index is 1000. The molecule has 8 nitrogen and oxygen atoms in total. The van der Waals surface area contributed by atoms with Gasteiger partial charge in [0.25, 0.3) is 0 Å². The van der Waals surface area contributed by atoms with E-state index in [1.165, 1.54) is 17.3 Å². The molecule has 0 bridgehead atoms. The quantitative estimate of drug-likeness (QED) is 0.364. The zero-order valence-electron chi connectivity index (χ0n) is 17.4. The lowest BCUT2D eigenvalue weighted by Gasteiger charge is -2.06. The van der Waals surface area contributed by atoms with Crippen LogP contribution in [-0.4, -0.2) is 39.4 Å². The summed E-state index contributed by atoms with van der Waals surface area (Å²) in [6.07, 6.45) is 0.982. The number of anilines is 1. The molecule has 1 amide bonds. The van der Waals surface area contributed by atoms with Gasteiger partial charge in [-0.3, -0.25) is 9.89 Å². The number of nitrogens with zero attached hydrogens (tertiary/aromatic N) is 2. The number of aryl methyl sites for hydroxylation is 1. The molecule has 0 radical (unpaired) electrons. The van der Waals surface area contributed by atoms with Crippen molar-refractivity contribution in [3.05, 3.63) is 65.5 Å². The number of esters is 1. The van der Waals surface area contributed by atoms with E-state index in [1.54, 1.807) is 31.2 Å². The number of nitrogens with one attached hydrogen (secondary N) is 2. The van der Waals surface area contributed by atoms with Crippen molar-refractivity contribution in [1.82, 2.24) is 15.2 Å². The predicted molar refractivity (Wildman–Crippen MR) is 118 cm³/mol. The Labute approximate surface area is 184 Å². The minimum absolute atomic E-state index is 0.149. The van der Waals surface area contributed by atoms with Crippen molar-refractivity contribution in [1.29, 1.82) is 0 Å². The van der Waals surface area contributed by atoms with Crippen LogP contribution in [0.15, 0.2) is 53.7 Å². The summed E-state index contributed by atoms with van der Waals surface area (Å²) in [6, 6.07) is 14.4. The third kappa shape index (κ3) is 6.85. The van der Waals surface area contributed by atoms with E-state index in [1.807, 2.05) is 24.3 Å². The number of hydrogen-bond acceptors (Lipinski definition) is 7. The van der Waals surface area contributed by atoms with E-state index < -0.39 is 5.97 Å². The summed E-state index contributed by atoms with van der Waals surface area (Å²) in [5.41, 5.74) is 2.28. The molecule has 0 saturated heterocycles. The molecule has 0 aliphatic heterocycles. The molecule has 0 aliphatic carbocycles. The number of hydrogen-bond donors (Lipinski definition) is 2. The smallest absolute Gasteiger partial charge is 0.338 e. The Balaban J connectivity index is 1.43. The first-order valence-corrected chi connectivity index (χ1v) is 10.9. The number of amides is 1. The number of thioether (sulfide) groups is 1. The second kappa shape index (κ2) is 11.2. The monoisotopic (exact) mass is 440 g/mol. The summed E-state index contributed by atoms with van der Waals surface area (Å²) < 4.78 is 10.6. The van der Waals surface area contributed by atoms with Crippen molar-refractivity contribution in [3.63, 3.8) is 0 Å². The average Bonchev–Trinajstić information content (AvgIpc) is 3.25. The van der Waals surface area contributed by atoms with Crippen LogP contribution in [0.4, 0.5) is 5.69 Å². The first-order valence-electron chi connectivity index (χ1n) is 9.90. The minimum atomic E-state index is -0.390. The van der Waals surface area contributed by atoms with Crippen molar-refractivity contribution in [2.45, 2.75) is 32.0 Å². The molecule has 1 aromatic heterocycles. The van der Waals surface area contributed by atoms with Gasteiger partial charge in [0.2, 0.25) is 11.1 Å². The van der Waals surface area contributed by atoms with Gasteiger partial charge < -0.3 is 14.8 Å². The van der Waals surface area contributed by atoms with Crippen LogP contribution >= 0.6 is 11.8 Å². The fourth-order valence-corrected chi connectivity index (χ4v) is 3.23. The van der Waals surface area contributed by atoms with Gasteiger partial charge in [0.05, 0.1) is 17.9 Å².